The van der Waals surface area contributed by atoms with Crippen LogP contribution < -0.4 is 5.32 Å². The molecule has 0 bridgehead atoms. The molecule has 2 atom stereocenters. The Labute approximate surface area is 133 Å². The minimum atomic E-state index is -0.855. The Morgan fingerprint density at radius 2 is 2.14 bits per heavy atom. The molecule has 2 unspecified atom stereocenters. The molecule has 0 fully saturated rings. The number of nitrogens with one attached hydrogen (secondary N) is 1. The Balaban J connectivity index is 1.99. The zero-order valence-electron chi connectivity index (χ0n) is 12.2. The highest BCUT2D eigenvalue weighted by Crippen LogP contribution is 2.19. The topological polar surface area (TPSA) is 84.6 Å². The number of aliphatic hydroxyl groups excluding tert-OH is 1. The van der Waals surface area contributed by atoms with E-state index in [0.29, 0.717) is 16.3 Å². The van der Waals surface area contributed by atoms with Gasteiger partial charge in [-0.05, 0) is 24.6 Å². The number of halogens is 1. The molecule has 7 heteroatoms. The summed E-state index contributed by atoms with van der Waals surface area (Å²) >= 11 is 5.81. The molecule has 2 rings (SSSR count). The Hall–Kier alpha value is -1.89. The number of carbonyl (C=O) groups is 1. The number of ether oxygens (including phenoxy) is 1. The molecule has 0 aliphatic carbocycles. The van der Waals surface area contributed by atoms with Crippen molar-refractivity contribution in [1.82, 2.24) is 10.5 Å². The van der Waals surface area contributed by atoms with E-state index in [-0.39, 0.29) is 12.3 Å². The van der Waals surface area contributed by atoms with Gasteiger partial charge in [0.15, 0.2) is 11.5 Å². The summed E-state index contributed by atoms with van der Waals surface area (Å²) in [5, 5.41) is 17.2. The van der Waals surface area contributed by atoms with Gasteiger partial charge in [-0.15, -0.1) is 0 Å². The van der Waals surface area contributed by atoms with Crippen LogP contribution >= 0.6 is 11.6 Å². The number of hydrogen-bond donors (Lipinski definition) is 2. The van der Waals surface area contributed by atoms with Crippen LogP contribution in [0.25, 0.3) is 0 Å². The van der Waals surface area contributed by atoms with Gasteiger partial charge in [0.25, 0.3) is 5.91 Å². The summed E-state index contributed by atoms with van der Waals surface area (Å²) in [6.45, 7) is 1.94. The highest BCUT2D eigenvalue weighted by atomic mass is 35.5. The van der Waals surface area contributed by atoms with Crippen LogP contribution in [-0.4, -0.2) is 29.3 Å². The van der Waals surface area contributed by atoms with Crippen LogP contribution in [0.4, 0.5) is 0 Å². The maximum atomic E-state index is 12.1. The largest absolute Gasteiger partial charge is 0.386 e. The lowest BCUT2D eigenvalue weighted by molar-refractivity contribution is 0.0843. The Morgan fingerprint density at radius 1 is 1.45 bits per heavy atom. The van der Waals surface area contributed by atoms with E-state index < -0.39 is 18.1 Å². The second kappa shape index (κ2) is 7.40. The number of rotatable bonds is 6. The number of aromatic nitrogens is 1. The first kappa shape index (κ1) is 16.5. The third-order valence-electron chi connectivity index (χ3n) is 3.12. The fourth-order valence-corrected chi connectivity index (χ4v) is 2.06. The molecule has 22 heavy (non-hydrogen) atoms. The standard InChI is InChI=1S/C15H17ClN2O4/c1-9(14(19)10-3-5-11(16)6-4-10)17-15(20)13-7-12(8-21-2)22-18-13/h3-7,9,14,19H,8H2,1-2H3,(H,17,20). The molecule has 6 nitrogen and oxygen atoms in total. The Bertz CT molecular complexity index is 627. The van der Waals surface area contributed by atoms with E-state index in [2.05, 4.69) is 10.5 Å². The summed E-state index contributed by atoms with van der Waals surface area (Å²) in [5.41, 5.74) is 0.805. The van der Waals surface area contributed by atoms with Crippen LogP contribution in [0.2, 0.25) is 5.02 Å². The van der Waals surface area contributed by atoms with E-state index in [9.17, 15) is 9.90 Å². The van der Waals surface area contributed by atoms with Crippen molar-refractivity contribution in [2.24, 2.45) is 0 Å². The van der Waals surface area contributed by atoms with Gasteiger partial charge in [0.2, 0.25) is 0 Å². The molecule has 1 heterocycles. The normalized spacial score (nSPS) is 13.6. The Kier molecular flexibility index (Phi) is 5.54. The van der Waals surface area contributed by atoms with Crippen molar-refractivity contribution in [3.63, 3.8) is 0 Å². The molecular weight excluding hydrogens is 308 g/mol. The fraction of sp³-hybridized carbons (Fsp3) is 0.333. The van der Waals surface area contributed by atoms with E-state index in [1.54, 1.807) is 31.2 Å². The van der Waals surface area contributed by atoms with E-state index >= 15 is 0 Å². The predicted molar refractivity (Wildman–Crippen MR) is 80.6 cm³/mol. The summed E-state index contributed by atoms with van der Waals surface area (Å²) in [6, 6.07) is 7.79. The summed E-state index contributed by atoms with van der Waals surface area (Å²) in [6.07, 6.45) is -0.855. The maximum Gasteiger partial charge on any atom is 0.273 e. The summed E-state index contributed by atoms with van der Waals surface area (Å²) in [7, 11) is 1.52. The van der Waals surface area contributed by atoms with Gasteiger partial charge < -0.3 is 19.7 Å². The molecule has 0 saturated heterocycles. The molecule has 0 aliphatic rings. The number of benzene rings is 1. The molecular formula is C15H17ClN2O4. The van der Waals surface area contributed by atoms with Crippen molar-refractivity contribution in [1.29, 1.82) is 0 Å². The van der Waals surface area contributed by atoms with Crippen molar-refractivity contribution in [3.8, 4) is 0 Å². The van der Waals surface area contributed by atoms with E-state index in [4.69, 9.17) is 20.9 Å². The van der Waals surface area contributed by atoms with Crippen molar-refractivity contribution in [2.75, 3.05) is 7.11 Å². The van der Waals surface area contributed by atoms with Gasteiger partial charge in [-0.2, -0.15) is 0 Å². The van der Waals surface area contributed by atoms with Gasteiger partial charge in [0.1, 0.15) is 6.61 Å². The van der Waals surface area contributed by atoms with Crippen LogP contribution in [0.5, 0.6) is 0 Å². The van der Waals surface area contributed by atoms with Gasteiger partial charge in [-0.3, -0.25) is 4.79 Å². The molecule has 1 amide bonds. The molecule has 0 radical (unpaired) electrons. The number of carbonyl (C=O) groups excluding carboxylic acids is 1. The second-order valence-electron chi connectivity index (χ2n) is 4.87. The highest BCUT2D eigenvalue weighted by Gasteiger charge is 2.21. The van der Waals surface area contributed by atoms with Crippen LogP contribution in [0.1, 0.15) is 34.8 Å². The van der Waals surface area contributed by atoms with Gasteiger partial charge in [-0.1, -0.05) is 28.9 Å². The molecule has 1 aromatic carbocycles. The molecule has 118 valence electrons. The number of aliphatic hydroxyl groups is 1. The molecule has 2 aromatic rings. The van der Waals surface area contributed by atoms with Gasteiger partial charge in [0, 0.05) is 18.2 Å². The predicted octanol–water partition coefficient (Wildman–Crippen LogP) is 2.33. The van der Waals surface area contributed by atoms with Crippen molar-refractivity contribution in [3.05, 3.63) is 52.4 Å². The molecule has 2 N–H and O–H groups in total. The van der Waals surface area contributed by atoms with Gasteiger partial charge >= 0.3 is 0 Å². The van der Waals surface area contributed by atoms with Crippen molar-refractivity contribution in [2.45, 2.75) is 25.7 Å². The van der Waals surface area contributed by atoms with Gasteiger partial charge in [0.05, 0.1) is 12.1 Å². The summed E-state index contributed by atoms with van der Waals surface area (Å²) in [5.74, 6) is 0.0326. The lowest BCUT2D eigenvalue weighted by Gasteiger charge is -2.20. The molecule has 0 spiro atoms. The molecule has 0 saturated carbocycles. The molecule has 0 aliphatic heterocycles. The first-order valence-corrected chi connectivity index (χ1v) is 7.08. The van der Waals surface area contributed by atoms with Crippen LogP contribution in [0, 0.1) is 0 Å². The van der Waals surface area contributed by atoms with Crippen molar-refractivity contribution >= 4 is 17.5 Å². The van der Waals surface area contributed by atoms with Crippen molar-refractivity contribution < 1.29 is 19.2 Å². The van der Waals surface area contributed by atoms with E-state index in [0.717, 1.165) is 0 Å². The minimum Gasteiger partial charge on any atom is -0.386 e. The van der Waals surface area contributed by atoms with E-state index in [1.807, 2.05) is 0 Å². The first-order chi connectivity index (χ1) is 10.5. The first-order valence-electron chi connectivity index (χ1n) is 6.70. The lowest BCUT2D eigenvalue weighted by atomic mass is 10.0. The summed E-state index contributed by atoms with van der Waals surface area (Å²) < 4.78 is 9.84. The van der Waals surface area contributed by atoms with Gasteiger partial charge in [-0.25, -0.2) is 0 Å². The highest BCUT2D eigenvalue weighted by molar-refractivity contribution is 6.30. The zero-order valence-corrected chi connectivity index (χ0v) is 13.0. The average Bonchev–Trinajstić information content (AvgIpc) is 2.96. The number of methoxy groups -OCH3 is 1. The fourth-order valence-electron chi connectivity index (χ4n) is 1.94. The second-order valence-corrected chi connectivity index (χ2v) is 5.31. The third kappa shape index (κ3) is 4.07. The minimum absolute atomic E-state index is 0.141. The lowest BCUT2D eigenvalue weighted by Crippen LogP contribution is -2.37. The van der Waals surface area contributed by atoms with Crippen LogP contribution in [0.3, 0.4) is 0 Å². The monoisotopic (exact) mass is 324 g/mol. The molecule has 1 aromatic heterocycles. The quantitative estimate of drug-likeness (QED) is 0.852. The third-order valence-corrected chi connectivity index (χ3v) is 3.37. The number of nitrogens with zero attached hydrogens (tertiary/aromatic N) is 1. The van der Waals surface area contributed by atoms with E-state index in [1.165, 1.54) is 13.2 Å². The zero-order chi connectivity index (χ0) is 16.1. The maximum absolute atomic E-state index is 12.1. The van der Waals surface area contributed by atoms with Crippen LogP contribution in [-0.2, 0) is 11.3 Å². The smallest absolute Gasteiger partial charge is 0.273 e. The summed E-state index contributed by atoms with van der Waals surface area (Å²) in [4.78, 5) is 12.1. The SMILES string of the molecule is COCc1cc(C(=O)NC(C)C(O)c2ccc(Cl)cc2)no1. The average molecular weight is 325 g/mol. The van der Waals surface area contributed by atoms with Crippen LogP contribution in [0.15, 0.2) is 34.9 Å². The Morgan fingerprint density at radius 3 is 2.77 bits per heavy atom. The number of amides is 1. The number of hydrogen-bond acceptors (Lipinski definition) is 5.